The van der Waals surface area contributed by atoms with Crippen molar-refractivity contribution in [3.05, 3.63) is 36.4 Å². The minimum absolute atomic E-state index is 1.05. The summed E-state index contributed by atoms with van der Waals surface area (Å²) in [5.41, 5.74) is 1.05. The monoisotopic (exact) mass is 202 g/mol. The molecule has 0 saturated heterocycles. The maximum atomic E-state index is 5.84. The zero-order valence-corrected chi connectivity index (χ0v) is 8.59. The molecule has 1 aromatic carbocycles. The second kappa shape index (κ2) is 3.95. The van der Waals surface area contributed by atoms with Crippen LogP contribution in [-0.4, -0.2) is 7.42 Å². The number of benzene rings is 1. The Hall–Kier alpha value is -0.243. The molecule has 11 heavy (non-hydrogen) atoms. The standard InChI is InChI=1S/C8H8Cl2Si/c1-2-7-5-3-4-6-8(7)11(9)10/h2-6,11H,1H2. The summed E-state index contributed by atoms with van der Waals surface area (Å²) in [6, 6.07) is 7.80. The van der Waals surface area contributed by atoms with Crippen LogP contribution in [0.1, 0.15) is 5.56 Å². The minimum Gasteiger partial charge on any atom is -0.144 e. The van der Waals surface area contributed by atoms with Crippen LogP contribution in [0.25, 0.3) is 6.08 Å². The van der Waals surface area contributed by atoms with Crippen LogP contribution in [0.5, 0.6) is 0 Å². The van der Waals surface area contributed by atoms with E-state index < -0.39 is 7.42 Å². The van der Waals surface area contributed by atoms with Crippen molar-refractivity contribution in [1.82, 2.24) is 0 Å². The molecule has 0 fully saturated rings. The molecule has 1 rings (SSSR count). The molecule has 0 heterocycles. The molecule has 0 aromatic heterocycles. The van der Waals surface area contributed by atoms with E-state index >= 15 is 0 Å². The first-order valence-electron chi connectivity index (χ1n) is 3.25. The Balaban J connectivity index is 3.12. The molecule has 3 heteroatoms. The van der Waals surface area contributed by atoms with Crippen molar-refractivity contribution in [2.75, 3.05) is 0 Å². The van der Waals surface area contributed by atoms with E-state index in [1.807, 2.05) is 24.3 Å². The lowest BCUT2D eigenvalue weighted by molar-refractivity contribution is 1.72. The predicted molar refractivity (Wildman–Crippen MR) is 55.0 cm³/mol. The van der Waals surface area contributed by atoms with Gasteiger partial charge in [-0.05, 0) is 10.8 Å². The topological polar surface area (TPSA) is 0 Å². The van der Waals surface area contributed by atoms with Gasteiger partial charge in [0.15, 0.2) is 0 Å². The van der Waals surface area contributed by atoms with Gasteiger partial charge >= 0.3 is 0 Å². The molecule has 0 radical (unpaired) electrons. The summed E-state index contributed by atoms with van der Waals surface area (Å²) in [4.78, 5) is 0. The maximum Gasteiger partial charge on any atom is 0.267 e. The summed E-state index contributed by atoms with van der Waals surface area (Å²) in [5.74, 6) is 0. The lowest BCUT2D eigenvalue weighted by Crippen LogP contribution is -2.20. The van der Waals surface area contributed by atoms with Crippen molar-refractivity contribution >= 4 is 40.8 Å². The second-order valence-electron chi connectivity index (χ2n) is 2.13. The van der Waals surface area contributed by atoms with Gasteiger partial charge in [0.25, 0.3) is 7.42 Å². The van der Waals surface area contributed by atoms with E-state index in [4.69, 9.17) is 22.2 Å². The van der Waals surface area contributed by atoms with Crippen LogP contribution in [0.2, 0.25) is 0 Å². The highest BCUT2D eigenvalue weighted by atomic mass is 35.7. The number of halogens is 2. The van der Waals surface area contributed by atoms with E-state index in [9.17, 15) is 0 Å². The van der Waals surface area contributed by atoms with Crippen LogP contribution in [-0.2, 0) is 0 Å². The first-order valence-corrected chi connectivity index (χ1v) is 7.32. The van der Waals surface area contributed by atoms with Crippen LogP contribution in [0.4, 0.5) is 0 Å². The van der Waals surface area contributed by atoms with Gasteiger partial charge in [0.1, 0.15) is 0 Å². The van der Waals surface area contributed by atoms with Crippen LogP contribution in [0, 0.1) is 0 Å². The zero-order chi connectivity index (χ0) is 8.27. The molecule has 0 amide bonds. The third kappa shape index (κ3) is 2.09. The Morgan fingerprint density at radius 2 is 1.91 bits per heavy atom. The van der Waals surface area contributed by atoms with Crippen LogP contribution >= 0.6 is 22.2 Å². The Morgan fingerprint density at radius 3 is 2.36 bits per heavy atom. The van der Waals surface area contributed by atoms with Gasteiger partial charge in [0.2, 0.25) is 0 Å². The zero-order valence-electron chi connectivity index (χ0n) is 5.93. The molecule has 0 aliphatic heterocycles. The molecule has 0 atom stereocenters. The Morgan fingerprint density at radius 1 is 1.27 bits per heavy atom. The molecule has 58 valence electrons. The van der Waals surface area contributed by atoms with Gasteiger partial charge in [-0.2, -0.15) is 0 Å². The van der Waals surface area contributed by atoms with Gasteiger partial charge in [0, 0.05) is 0 Å². The Kier molecular flexibility index (Phi) is 3.18. The lowest BCUT2D eigenvalue weighted by atomic mass is 10.2. The highest BCUT2D eigenvalue weighted by Gasteiger charge is 2.08. The van der Waals surface area contributed by atoms with Crippen molar-refractivity contribution < 1.29 is 0 Å². The highest BCUT2D eigenvalue weighted by Crippen LogP contribution is 2.04. The largest absolute Gasteiger partial charge is 0.267 e. The van der Waals surface area contributed by atoms with Crippen molar-refractivity contribution in [1.29, 1.82) is 0 Å². The van der Waals surface area contributed by atoms with E-state index in [1.54, 1.807) is 6.08 Å². The van der Waals surface area contributed by atoms with Crippen LogP contribution < -0.4 is 5.19 Å². The summed E-state index contributed by atoms with van der Waals surface area (Å²) in [6.07, 6.45) is 1.78. The smallest absolute Gasteiger partial charge is 0.144 e. The lowest BCUT2D eigenvalue weighted by Gasteiger charge is -2.03. The SMILES string of the molecule is C=Cc1ccccc1[SiH](Cl)Cl. The summed E-state index contributed by atoms with van der Waals surface area (Å²) in [5, 5.41) is 1.05. The molecule has 1 aromatic rings. The van der Waals surface area contributed by atoms with E-state index in [-0.39, 0.29) is 0 Å². The first kappa shape index (κ1) is 8.85. The van der Waals surface area contributed by atoms with Gasteiger partial charge in [-0.1, -0.05) is 36.9 Å². The molecule has 0 aliphatic carbocycles. The molecular weight excluding hydrogens is 195 g/mol. The van der Waals surface area contributed by atoms with E-state index in [1.165, 1.54) is 0 Å². The van der Waals surface area contributed by atoms with Crippen LogP contribution in [0.3, 0.4) is 0 Å². The quantitative estimate of drug-likeness (QED) is 0.510. The minimum atomic E-state index is -1.71. The average molecular weight is 203 g/mol. The van der Waals surface area contributed by atoms with Crippen molar-refractivity contribution in [2.45, 2.75) is 0 Å². The van der Waals surface area contributed by atoms with Gasteiger partial charge < -0.3 is 0 Å². The summed E-state index contributed by atoms with van der Waals surface area (Å²) >= 11 is 11.7. The van der Waals surface area contributed by atoms with Gasteiger partial charge in [-0.25, -0.2) is 0 Å². The normalized spacial score (nSPS) is 10.1. The first-order chi connectivity index (χ1) is 5.25. The Labute approximate surface area is 77.5 Å². The van der Waals surface area contributed by atoms with E-state index in [0.717, 1.165) is 10.8 Å². The maximum absolute atomic E-state index is 5.84. The van der Waals surface area contributed by atoms with E-state index in [0.29, 0.717) is 0 Å². The number of hydrogen-bond acceptors (Lipinski definition) is 0. The number of hydrogen-bond donors (Lipinski definition) is 0. The van der Waals surface area contributed by atoms with Gasteiger partial charge in [-0.3, -0.25) is 0 Å². The van der Waals surface area contributed by atoms with Gasteiger partial charge in [-0.15, -0.1) is 22.2 Å². The summed E-state index contributed by atoms with van der Waals surface area (Å²) in [6.45, 7) is 3.68. The van der Waals surface area contributed by atoms with E-state index in [2.05, 4.69) is 6.58 Å². The molecule has 0 unspecified atom stereocenters. The highest BCUT2D eigenvalue weighted by molar-refractivity contribution is 7.39. The molecule has 0 N–H and O–H groups in total. The second-order valence-corrected chi connectivity index (χ2v) is 6.65. The van der Waals surface area contributed by atoms with Crippen LogP contribution in [0.15, 0.2) is 30.8 Å². The molecule has 0 nitrogen and oxygen atoms in total. The molecular formula is C8H8Cl2Si. The Bertz CT molecular complexity index is 258. The predicted octanol–water partition coefficient (Wildman–Crippen LogP) is 2.23. The molecule has 0 spiro atoms. The fourth-order valence-corrected chi connectivity index (χ4v) is 2.81. The third-order valence-electron chi connectivity index (χ3n) is 1.45. The van der Waals surface area contributed by atoms with Crippen molar-refractivity contribution in [3.8, 4) is 0 Å². The molecule has 0 bridgehead atoms. The fourth-order valence-electron chi connectivity index (χ4n) is 0.896. The third-order valence-corrected chi connectivity index (χ3v) is 3.86. The van der Waals surface area contributed by atoms with Crippen molar-refractivity contribution in [2.24, 2.45) is 0 Å². The fraction of sp³-hybridized carbons (Fsp3) is 0. The average Bonchev–Trinajstić information content (AvgIpc) is 2.04. The molecule has 0 aliphatic rings. The van der Waals surface area contributed by atoms with Crippen molar-refractivity contribution in [3.63, 3.8) is 0 Å². The summed E-state index contributed by atoms with van der Waals surface area (Å²) in [7, 11) is -1.71. The summed E-state index contributed by atoms with van der Waals surface area (Å²) < 4.78 is 0. The molecule has 0 saturated carbocycles. The van der Waals surface area contributed by atoms with Gasteiger partial charge in [0.05, 0.1) is 0 Å². The number of rotatable bonds is 2.